The summed E-state index contributed by atoms with van der Waals surface area (Å²) in [7, 11) is -4.00. The lowest BCUT2D eigenvalue weighted by molar-refractivity contribution is -0.138. The molecule has 2 N–H and O–H groups in total. The molecule has 8 heteroatoms. The molecule has 0 aromatic heterocycles. The standard InChI is InChI=1S/C22H19ClN2O4S/c23-18-11-13-19(14-12-18)30(28,29)25-21(17-9-5-2-6-10-17)24-20(22(26)27)15-16-7-3-1-4-8-16/h1-14,20H,15H2,(H,24,25)(H,26,27)/t20-/m0/s1. The number of carbonyl (C=O) groups is 1. The molecular weight excluding hydrogens is 424 g/mol. The van der Waals surface area contributed by atoms with Crippen molar-refractivity contribution in [2.75, 3.05) is 0 Å². The Balaban J connectivity index is 1.99. The summed E-state index contributed by atoms with van der Waals surface area (Å²) in [6.07, 6.45) is 0.120. The highest BCUT2D eigenvalue weighted by Gasteiger charge is 2.22. The minimum absolute atomic E-state index is 0.00883. The summed E-state index contributed by atoms with van der Waals surface area (Å²) >= 11 is 5.84. The van der Waals surface area contributed by atoms with Gasteiger partial charge in [0.15, 0.2) is 6.04 Å². The molecule has 154 valence electrons. The van der Waals surface area contributed by atoms with Crippen LogP contribution < -0.4 is 4.72 Å². The molecule has 0 amide bonds. The highest BCUT2D eigenvalue weighted by molar-refractivity contribution is 7.90. The van der Waals surface area contributed by atoms with Gasteiger partial charge in [0.05, 0.1) is 4.90 Å². The normalized spacial score (nSPS) is 12.9. The molecule has 0 bridgehead atoms. The van der Waals surface area contributed by atoms with Gasteiger partial charge >= 0.3 is 5.97 Å². The van der Waals surface area contributed by atoms with E-state index in [1.165, 1.54) is 24.3 Å². The molecular formula is C22H19ClN2O4S. The zero-order chi connectivity index (χ0) is 21.6. The molecule has 0 fully saturated rings. The number of hydrogen-bond acceptors (Lipinski definition) is 4. The van der Waals surface area contributed by atoms with Crippen molar-refractivity contribution in [2.24, 2.45) is 4.99 Å². The van der Waals surface area contributed by atoms with Gasteiger partial charge in [0.25, 0.3) is 10.0 Å². The Morgan fingerprint density at radius 1 is 0.933 bits per heavy atom. The number of nitrogens with one attached hydrogen (secondary N) is 1. The van der Waals surface area contributed by atoms with E-state index in [1.54, 1.807) is 54.6 Å². The maximum absolute atomic E-state index is 12.9. The van der Waals surface area contributed by atoms with Gasteiger partial charge in [-0.1, -0.05) is 72.3 Å². The van der Waals surface area contributed by atoms with Crippen LogP contribution in [-0.4, -0.2) is 31.4 Å². The molecule has 0 unspecified atom stereocenters. The van der Waals surface area contributed by atoms with Gasteiger partial charge in [0.2, 0.25) is 0 Å². The van der Waals surface area contributed by atoms with Gasteiger partial charge in [0, 0.05) is 17.0 Å². The van der Waals surface area contributed by atoms with E-state index >= 15 is 0 Å². The molecule has 6 nitrogen and oxygen atoms in total. The van der Waals surface area contributed by atoms with Crippen LogP contribution in [0.3, 0.4) is 0 Å². The Labute approximate surface area is 179 Å². The molecule has 0 spiro atoms. The lowest BCUT2D eigenvalue weighted by Gasteiger charge is -2.15. The van der Waals surface area contributed by atoms with E-state index in [0.29, 0.717) is 10.6 Å². The monoisotopic (exact) mass is 442 g/mol. The van der Waals surface area contributed by atoms with Gasteiger partial charge in [0.1, 0.15) is 5.84 Å². The second kappa shape index (κ2) is 9.56. The Hall–Kier alpha value is -3.16. The summed E-state index contributed by atoms with van der Waals surface area (Å²) < 4.78 is 28.1. The molecule has 0 radical (unpaired) electrons. The highest BCUT2D eigenvalue weighted by atomic mass is 35.5. The van der Waals surface area contributed by atoms with Gasteiger partial charge < -0.3 is 5.11 Å². The second-order valence-corrected chi connectivity index (χ2v) is 8.57. The summed E-state index contributed by atoms with van der Waals surface area (Å²) in [5, 5.41) is 10.1. The van der Waals surface area contributed by atoms with Gasteiger partial charge in [-0.25, -0.2) is 13.2 Å². The smallest absolute Gasteiger partial charge is 0.328 e. The van der Waals surface area contributed by atoms with E-state index in [2.05, 4.69) is 9.71 Å². The van der Waals surface area contributed by atoms with Crippen LogP contribution in [0.2, 0.25) is 5.02 Å². The van der Waals surface area contributed by atoms with Gasteiger partial charge in [-0.05, 0) is 29.8 Å². The summed E-state index contributed by atoms with van der Waals surface area (Å²) in [6.45, 7) is 0. The Bertz CT molecular complexity index is 1130. The third-order valence-electron chi connectivity index (χ3n) is 4.24. The lowest BCUT2D eigenvalue weighted by atomic mass is 10.1. The van der Waals surface area contributed by atoms with Crippen molar-refractivity contribution in [3.63, 3.8) is 0 Å². The second-order valence-electron chi connectivity index (χ2n) is 6.45. The number of nitrogens with zero attached hydrogens (tertiary/aromatic N) is 1. The highest BCUT2D eigenvalue weighted by Crippen LogP contribution is 2.15. The fourth-order valence-electron chi connectivity index (χ4n) is 2.74. The summed E-state index contributed by atoms with van der Waals surface area (Å²) in [5.41, 5.74) is 1.23. The third-order valence-corrected chi connectivity index (χ3v) is 5.85. The van der Waals surface area contributed by atoms with Crippen LogP contribution >= 0.6 is 11.6 Å². The van der Waals surface area contributed by atoms with Crippen molar-refractivity contribution in [2.45, 2.75) is 17.4 Å². The van der Waals surface area contributed by atoms with E-state index in [0.717, 1.165) is 5.56 Å². The molecule has 3 rings (SSSR count). The van der Waals surface area contributed by atoms with E-state index < -0.39 is 22.0 Å². The fourth-order valence-corrected chi connectivity index (χ4v) is 3.90. The average Bonchev–Trinajstić information content (AvgIpc) is 2.74. The molecule has 0 saturated carbocycles. The van der Waals surface area contributed by atoms with Crippen molar-refractivity contribution in [3.05, 3.63) is 101 Å². The molecule has 0 aliphatic heterocycles. The van der Waals surface area contributed by atoms with E-state index in [-0.39, 0.29) is 17.2 Å². The first-order chi connectivity index (χ1) is 14.3. The Kier molecular flexibility index (Phi) is 6.87. The number of hydrogen-bond donors (Lipinski definition) is 2. The number of carboxylic acid groups (broad SMARTS) is 1. The number of aliphatic carboxylic acids is 1. The molecule has 1 atom stereocenters. The molecule has 0 aliphatic rings. The van der Waals surface area contributed by atoms with Crippen LogP contribution in [0.4, 0.5) is 0 Å². The zero-order valence-corrected chi connectivity index (χ0v) is 17.3. The van der Waals surface area contributed by atoms with Crippen molar-refractivity contribution in [1.29, 1.82) is 0 Å². The molecule has 3 aromatic rings. The molecule has 0 aliphatic carbocycles. The Morgan fingerprint density at radius 3 is 2.07 bits per heavy atom. The summed E-state index contributed by atoms with van der Waals surface area (Å²) in [4.78, 5) is 16.1. The van der Waals surface area contributed by atoms with Crippen molar-refractivity contribution in [3.8, 4) is 0 Å². The quantitative estimate of drug-likeness (QED) is 0.430. The minimum atomic E-state index is -4.00. The fraction of sp³-hybridized carbons (Fsp3) is 0.0909. The summed E-state index contributed by atoms with van der Waals surface area (Å²) in [5.74, 6) is -1.20. The first kappa shape index (κ1) is 21.5. The Morgan fingerprint density at radius 2 is 1.50 bits per heavy atom. The molecule has 30 heavy (non-hydrogen) atoms. The van der Waals surface area contributed by atoms with Crippen LogP contribution in [0.1, 0.15) is 11.1 Å². The predicted octanol–water partition coefficient (Wildman–Crippen LogP) is 3.76. The predicted molar refractivity (Wildman–Crippen MR) is 116 cm³/mol. The largest absolute Gasteiger partial charge is 0.480 e. The van der Waals surface area contributed by atoms with Crippen LogP contribution in [0.15, 0.2) is 94.8 Å². The third kappa shape index (κ3) is 5.68. The molecule has 0 heterocycles. The van der Waals surface area contributed by atoms with Gasteiger partial charge in [-0.3, -0.25) is 9.71 Å². The average molecular weight is 443 g/mol. The number of rotatable bonds is 7. The van der Waals surface area contributed by atoms with Crippen LogP contribution in [0.5, 0.6) is 0 Å². The van der Waals surface area contributed by atoms with Crippen LogP contribution in [0.25, 0.3) is 0 Å². The SMILES string of the molecule is O=C(O)[C@H](Cc1ccccc1)N=C(NS(=O)(=O)c1ccc(Cl)cc1)c1ccccc1. The molecule has 3 aromatic carbocycles. The number of carboxylic acids is 1. The van der Waals surface area contributed by atoms with Crippen molar-refractivity contribution >= 4 is 33.4 Å². The van der Waals surface area contributed by atoms with Crippen molar-refractivity contribution in [1.82, 2.24) is 4.72 Å². The lowest BCUT2D eigenvalue weighted by Crippen LogP contribution is -2.34. The number of benzene rings is 3. The number of aliphatic imine (C=N–C) groups is 1. The number of sulfonamides is 1. The zero-order valence-electron chi connectivity index (χ0n) is 15.8. The first-order valence-electron chi connectivity index (χ1n) is 9.03. The first-order valence-corrected chi connectivity index (χ1v) is 10.9. The van der Waals surface area contributed by atoms with E-state index in [4.69, 9.17) is 11.6 Å². The van der Waals surface area contributed by atoms with E-state index in [9.17, 15) is 18.3 Å². The topological polar surface area (TPSA) is 95.8 Å². The van der Waals surface area contributed by atoms with E-state index in [1.807, 2.05) is 6.07 Å². The summed E-state index contributed by atoms with van der Waals surface area (Å²) in [6, 6.07) is 22.0. The maximum Gasteiger partial charge on any atom is 0.328 e. The van der Waals surface area contributed by atoms with Crippen LogP contribution in [-0.2, 0) is 21.2 Å². The minimum Gasteiger partial charge on any atom is -0.480 e. The molecule has 0 saturated heterocycles. The number of amidine groups is 1. The van der Waals surface area contributed by atoms with Crippen LogP contribution in [0, 0.1) is 0 Å². The van der Waals surface area contributed by atoms with Gasteiger partial charge in [-0.2, -0.15) is 0 Å². The maximum atomic E-state index is 12.9. The van der Waals surface area contributed by atoms with Crippen molar-refractivity contribution < 1.29 is 18.3 Å². The van der Waals surface area contributed by atoms with Gasteiger partial charge in [-0.15, -0.1) is 0 Å². The number of halogens is 1.